The fourth-order valence-corrected chi connectivity index (χ4v) is 2.44. The van der Waals surface area contributed by atoms with E-state index in [0.717, 1.165) is 0 Å². The highest BCUT2D eigenvalue weighted by atomic mass is 19.1. The van der Waals surface area contributed by atoms with Gasteiger partial charge in [0, 0.05) is 24.2 Å². The molecule has 3 rings (SSSR count). The van der Waals surface area contributed by atoms with Gasteiger partial charge >= 0.3 is 0 Å². The van der Waals surface area contributed by atoms with E-state index < -0.39 is 23.4 Å². The molecule has 0 aromatic heterocycles. The number of rotatable bonds is 2. The fourth-order valence-electron chi connectivity index (χ4n) is 2.44. The van der Waals surface area contributed by atoms with Crippen LogP contribution in [0.4, 0.5) is 13.2 Å². The molecule has 1 heterocycles. The molecule has 3 nitrogen and oxygen atoms in total. The first-order chi connectivity index (χ1) is 9.97. The highest BCUT2D eigenvalue weighted by Gasteiger charge is 2.31. The van der Waals surface area contributed by atoms with Crippen LogP contribution in [-0.4, -0.2) is 15.9 Å². The summed E-state index contributed by atoms with van der Waals surface area (Å²) in [5.74, 6) is -3.77. The van der Waals surface area contributed by atoms with E-state index in [-0.39, 0.29) is 30.0 Å². The van der Waals surface area contributed by atoms with Crippen LogP contribution >= 0.6 is 0 Å². The minimum atomic E-state index is -1.04. The van der Waals surface area contributed by atoms with E-state index in [2.05, 4.69) is 0 Å². The quantitative estimate of drug-likeness (QED) is 0.924. The number of benzene rings is 2. The first kappa shape index (κ1) is 13.5. The maximum Gasteiger partial charge on any atom is 0.258 e. The van der Waals surface area contributed by atoms with E-state index in [9.17, 15) is 23.1 Å². The van der Waals surface area contributed by atoms with Gasteiger partial charge in [-0.3, -0.25) is 4.79 Å². The standard InChI is InChI=1S/C15H10F3NO2/c16-9-4-11(17)10(12(18)5-9)7-19-6-8-2-1-3-13(20)14(8)15(19)21/h1-5,20H,6-7H2. The normalized spacial score (nSPS) is 13.7. The number of phenolic OH excluding ortho intramolecular Hbond substituents is 1. The van der Waals surface area contributed by atoms with Crippen LogP contribution in [0.15, 0.2) is 30.3 Å². The Balaban J connectivity index is 1.92. The number of carbonyl (C=O) groups is 1. The molecule has 108 valence electrons. The Hall–Kier alpha value is -2.50. The van der Waals surface area contributed by atoms with Crippen LogP contribution in [0.3, 0.4) is 0 Å². The Morgan fingerprint density at radius 1 is 1.14 bits per heavy atom. The number of aromatic hydroxyl groups is 1. The number of fused-ring (bicyclic) bond motifs is 1. The topological polar surface area (TPSA) is 40.5 Å². The van der Waals surface area contributed by atoms with Gasteiger partial charge in [-0.25, -0.2) is 13.2 Å². The summed E-state index contributed by atoms with van der Waals surface area (Å²) in [6.07, 6.45) is 0. The van der Waals surface area contributed by atoms with Crippen LogP contribution in [0.25, 0.3) is 0 Å². The Kier molecular flexibility index (Phi) is 3.08. The first-order valence-corrected chi connectivity index (χ1v) is 6.21. The number of carbonyl (C=O) groups excluding carboxylic acids is 1. The Morgan fingerprint density at radius 3 is 2.43 bits per heavy atom. The van der Waals surface area contributed by atoms with Gasteiger partial charge < -0.3 is 10.0 Å². The van der Waals surface area contributed by atoms with Crippen LogP contribution in [0, 0.1) is 17.5 Å². The zero-order valence-electron chi connectivity index (χ0n) is 10.7. The third kappa shape index (κ3) is 2.22. The second-order valence-electron chi connectivity index (χ2n) is 4.82. The van der Waals surface area contributed by atoms with E-state index in [1.165, 1.54) is 11.0 Å². The molecule has 0 bridgehead atoms. The van der Waals surface area contributed by atoms with Gasteiger partial charge in [-0.05, 0) is 11.6 Å². The summed E-state index contributed by atoms with van der Waals surface area (Å²) < 4.78 is 40.1. The predicted octanol–water partition coefficient (Wildman–Crippen LogP) is 2.97. The Morgan fingerprint density at radius 2 is 1.81 bits per heavy atom. The van der Waals surface area contributed by atoms with Crippen LogP contribution < -0.4 is 0 Å². The molecule has 0 saturated carbocycles. The molecule has 6 heteroatoms. The number of hydrogen-bond acceptors (Lipinski definition) is 2. The maximum absolute atomic E-state index is 13.6. The molecule has 21 heavy (non-hydrogen) atoms. The lowest BCUT2D eigenvalue weighted by Gasteiger charge is -2.16. The Bertz CT molecular complexity index is 723. The van der Waals surface area contributed by atoms with Crippen molar-refractivity contribution in [3.8, 4) is 5.75 Å². The molecule has 0 atom stereocenters. The van der Waals surface area contributed by atoms with Crippen molar-refractivity contribution < 1.29 is 23.1 Å². The molecule has 0 radical (unpaired) electrons. The molecule has 1 aliphatic rings. The third-order valence-electron chi connectivity index (χ3n) is 3.45. The molecule has 2 aromatic carbocycles. The molecule has 0 fully saturated rings. The number of nitrogens with zero attached hydrogens (tertiary/aromatic N) is 1. The summed E-state index contributed by atoms with van der Waals surface area (Å²) in [6, 6.07) is 5.76. The molecular formula is C15H10F3NO2. The van der Waals surface area contributed by atoms with Crippen molar-refractivity contribution in [1.82, 2.24) is 4.90 Å². The highest BCUT2D eigenvalue weighted by Crippen LogP contribution is 2.31. The van der Waals surface area contributed by atoms with E-state index in [0.29, 0.717) is 17.7 Å². The van der Waals surface area contributed by atoms with E-state index >= 15 is 0 Å². The first-order valence-electron chi connectivity index (χ1n) is 6.21. The summed E-state index contributed by atoms with van der Waals surface area (Å²) in [4.78, 5) is 13.4. The number of hydrogen-bond donors (Lipinski definition) is 1. The van der Waals surface area contributed by atoms with Crippen LogP contribution in [0.5, 0.6) is 5.75 Å². The molecule has 1 amide bonds. The SMILES string of the molecule is O=C1c2c(O)cccc2CN1Cc1c(F)cc(F)cc1F. The van der Waals surface area contributed by atoms with Crippen molar-refractivity contribution >= 4 is 5.91 Å². The van der Waals surface area contributed by atoms with Gasteiger partial charge in [-0.2, -0.15) is 0 Å². The highest BCUT2D eigenvalue weighted by molar-refractivity contribution is 6.00. The largest absolute Gasteiger partial charge is 0.507 e. The molecule has 1 N–H and O–H groups in total. The zero-order chi connectivity index (χ0) is 15.1. The molecule has 0 aliphatic carbocycles. The van der Waals surface area contributed by atoms with E-state index in [1.54, 1.807) is 12.1 Å². The van der Waals surface area contributed by atoms with Crippen molar-refractivity contribution in [2.45, 2.75) is 13.1 Å². The lowest BCUT2D eigenvalue weighted by atomic mass is 10.1. The summed E-state index contributed by atoms with van der Waals surface area (Å²) in [5, 5.41) is 9.69. The third-order valence-corrected chi connectivity index (χ3v) is 3.45. The van der Waals surface area contributed by atoms with Crippen LogP contribution in [0.2, 0.25) is 0 Å². The molecule has 0 saturated heterocycles. The summed E-state index contributed by atoms with van der Waals surface area (Å²) in [6.45, 7) is -0.191. The van der Waals surface area contributed by atoms with E-state index in [1.807, 2.05) is 0 Å². The van der Waals surface area contributed by atoms with E-state index in [4.69, 9.17) is 0 Å². The van der Waals surface area contributed by atoms with Gasteiger partial charge in [0.25, 0.3) is 5.91 Å². The molecule has 2 aromatic rings. The van der Waals surface area contributed by atoms with Gasteiger partial charge in [-0.15, -0.1) is 0 Å². The monoisotopic (exact) mass is 293 g/mol. The molecule has 1 aliphatic heterocycles. The fraction of sp³-hybridized carbons (Fsp3) is 0.133. The van der Waals surface area contributed by atoms with Crippen molar-refractivity contribution in [3.05, 3.63) is 64.5 Å². The lowest BCUT2D eigenvalue weighted by molar-refractivity contribution is 0.0761. The van der Waals surface area contributed by atoms with Crippen LogP contribution in [-0.2, 0) is 13.1 Å². The second kappa shape index (κ2) is 4.80. The van der Waals surface area contributed by atoms with Gasteiger partial charge in [0.2, 0.25) is 0 Å². The predicted molar refractivity (Wildman–Crippen MR) is 68.0 cm³/mol. The summed E-state index contributed by atoms with van der Waals surface area (Å²) >= 11 is 0. The minimum absolute atomic E-state index is 0.138. The van der Waals surface area contributed by atoms with Crippen molar-refractivity contribution in [2.75, 3.05) is 0 Å². The smallest absolute Gasteiger partial charge is 0.258 e. The number of amides is 1. The maximum atomic E-state index is 13.6. The zero-order valence-corrected chi connectivity index (χ0v) is 10.7. The van der Waals surface area contributed by atoms with Crippen LogP contribution in [0.1, 0.15) is 21.5 Å². The summed E-state index contributed by atoms with van der Waals surface area (Å²) in [7, 11) is 0. The minimum Gasteiger partial charge on any atom is -0.507 e. The van der Waals surface area contributed by atoms with Gasteiger partial charge in [0.1, 0.15) is 23.2 Å². The average molecular weight is 293 g/mol. The van der Waals surface area contributed by atoms with Gasteiger partial charge in [0.15, 0.2) is 0 Å². The molecule has 0 spiro atoms. The Labute approximate surface area is 118 Å². The van der Waals surface area contributed by atoms with Crippen molar-refractivity contribution in [1.29, 1.82) is 0 Å². The van der Waals surface area contributed by atoms with Gasteiger partial charge in [0.05, 0.1) is 12.1 Å². The average Bonchev–Trinajstić information content (AvgIpc) is 2.72. The number of halogens is 3. The molecular weight excluding hydrogens is 283 g/mol. The van der Waals surface area contributed by atoms with Crippen molar-refractivity contribution in [3.63, 3.8) is 0 Å². The van der Waals surface area contributed by atoms with Crippen molar-refractivity contribution in [2.24, 2.45) is 0 Å². The van der Waals surface area contributed by atoms with Gasteiger partial charge in [-0.1, -0.05) is 12.1 Å². The number of phenols is 1. The lowest BCUT2D eigenvalue weighted by Crippen LogP contribution is -2.24. The second-order valence-corrected chi connectivity index (χ2v) is 4.82. The summed E-state index contributed by atoms with van der Waals surface area (Å²) in [5.41, 5.74) is 0.348. The molecule has 0 unspecified atom stereocenters.